The first-order valence-corrected chi connectivity index (χ1v) is 7.12. The van der Waals surface area contributed by atoms with E-state index in [4.69, 9.17) is 0 Å². The molecule has 1 aromatic heterocycles. The number of aromatic nitrogens is 4. The van der Waals surface area contributed by atoms with E-state index in [1.54, 1.807) is 0 Å². The van der Waals surface area contributed by atoms with Gasteiger partial charge in [0.25, 0.3) is 5.95 Å². The van der Waals surface area contributed by atoms with E-state index in [2.05, 4.69) is 32.9 Å². The molecule has 19 heavy (non-hydrogen) atoms. The molecule has 6 nitrogen and oxygen atoms in total. The summed E-state index contributed by atoms with van der Waals surface area (Å²) >= 11 is 0. The summed E-state index contributed by atoms with van der Waals surface area (Å²) in [5, 5.41) is 16.3. The second kappa shape index (κ2) is 3.55. The van der Waals surface area contributed by atoms with Crippen LogP contribution in [0.1, 0.15) is 45.4 Å². The van der Waals surface area contributed by atoms with Crippen LogP contribution < -0.4 is 5.32 Å². The maximum Gasteiger partial charge on any atom is 0.269 e. The van der Waals surface area contributed by atoms with Crippen LogP contribution in [0.4, 0.5) is 5.95 Å². The van der Waals surface area contributed by atoms with Gasteiger partial charge in [-0.15, -0.1) is 5.10 Å². The number of nitrogens with zero attached hydrogens (tertiary/aromatic N) is 3. The molecule has 102 valence electrons. The topological polar surface area (TPSA) is 83.6 Å². The predicted molar refractivity (Wildman–Crippen MR) is 68.0 cm³/mol. The molecule has 1 heterocycles. The minimum Gasteiger partial charge on any atom is -0.291 e. The first-order chi connectivity index (χ1) is 9.07. The molecule has 4 bridgehead atoms. The zero-order valence-corrected chi connectivity index (χ0v) is 11.1. The SMILES string of the molecule is CC12C[C@H]3C[C@@H](C1)CC(C(=O)Nc1nn[nH]n1)(C3)C2. The fourth-order valence-corrected chi connectivity index (χ4v) is 5.43. The number of carbonyl (C=O) groups is 1. The standard InChI is InChI=1S/C13H19N5O/c1-12-3-8-2-9(4-12)6-13(5-8,7-12)10(19)14-11-15-17-18-16-11/h8-9H,2-7H2,1H3,(H2,14,15,16,17,18,19)/t8-,9+,12?,13?. The van der Waals surface area contributed by atoms with Gasteiger partial charge in [-0.2, -0.15) is 5.21 Å². The van der Waals surface area contributed by atoms with Gasteiger partial charge in [-0.05, 0) is 61.0 Å². The van der Waals surface area contributed by atoms with Crippen LogP contribution in [0.15, 0.2) is 0 Å². The molecule has 4 aliphatic carbocycles. The minimum absolute atomic E-state index is 0.106. The van der Waals surface area contributed by atoms with E-state index in [9.17, 15) is 4.79 Å². The summed E-state index contributed by atoms with van der Waals surface area (Å²) in [6.45, 7) is 2.36. The quantitative estimate of drug-likeness (QED) is 0.849. The molecule has 0 radical (unpaired) electrons. The van der Waals surface area contributed by atoms with E-state index in [1.807, 2.05) is 0 Å². The highest BCUT2D eigenvalue weighted by Gasteiger charge is 2.58. The Morgan fingerprint density at radius 3 is 2.63 bits per heavy atom. The number of hydrogen-bond acceptors (Lipinski definition) is 4. The number of nitrogens with one attached hydrogen (secondary N) is 2. The van der Waals surface area contributed by atoms with Crippen molar-refractivity contribution in [1.29, 1.82) is 0 Å². The molecule has 4 aliphatic rings. The van der Waals surface area contributed by atoms with Gasteiger partial charge in [0, 0.05) is 0 Å². The van der Waals surface area contributed by atoms with Crippen molar-refractivity contribution in [3.05, 3.63) is 0 Å². The van der Waals surface area contributed by atoms with Gasteiger partial charge in [0.05, 0.1) is 5.41 Å². The molecular weight excluding hydrogens is 242 g/mol. The number of anilines is 1. The fraction of sp³-hybridized carbons (Fsp3) is 0.846. The maximum absolute atomic E-state index is 12.7. The summed E-state index contributed by atoms with van der Waals surface area (Å²) in [6.07, 6.45) is 7.05. The molecule has 1 aromatic rings. The molecule has 0 aromatic carbocycles. The van der Waals surface area contributed by atoms with Gasteiger partial charge >= 0.3 is 0 Å². The van der Waals surface area contributed by atoms with Crippen LogP contribution in [0.25, 0.3) is 0 Å². The molecule has 1 amide bonds. The Balaban J connectivity index is 1.61. The van der Waals surface area contributed by atoms with Crippen LogP contribution in [-0.4, -0.2) is 26.5 Å². The summed E-state index contributed by atoms with van der Waals surface area (Å²) in [7, 11) is 0. The average Bonchev–Trinajstić information content (AvgIpc) is 2.78. The molecule has 5 rings (SSSR count). The molecule has 0 spiro atoms. The van der Waals surface area contributed by atoms with Gasteiger partial charge in [0.2, 0.25) is 5.91 Å². The monoisotopic (exact) mass is 261 g/mol. The van der Waals surface area contributed by atoms with Gasteiger partial charge in [0.1, 0.15) is 0 Å². The Bertz CT molecular complexity index is 497. The van der Waals surface area contributed by atoms with E-state index >= 15 is 0 Å². The van der Waals surface area contributed by atoms with Gasteiger partial charge in [-0.3, -0.25) is 10.1 Å². The summed E-state index contributed by atoms with van der Waals surface area (Å²) < 4.78 is 0. The summed E-state index contributed by atoms with van der Waals surface area (Å²) in [4.78, 5) is 12.7. The lowest BCUT2D eigenvalue weighted by atomic mass is 9.44. The zero-order chi connectivity index (χ0) is 13.1. The van der Waals surface area contributed by atoms with Crippen molar-refractivity contribution < 1.29 is 4.79 Å². The molecule has 0 saturated heterocycles. The summed E-state index contributed by atoms with van der Waals surface area (Å²) in [5.41, 5.74) is 0.193. The Morgan fingerprint density at radius 2 is 2.05 bits per heavy atom. The van der Waals surface area contributed by atoms with Crippen molar-refractivity contribution in [1.82, 2.24) is 20.6 Å². The zero-order valence-electron chi connectivity index (χ0n) is 11.1. The van der Waals surface area contributed by atoms with Crippen LogP contribution in [0.3, 0.4) is 0 Å². The fourth-order valence-electron chi connectivity index (χ4n) is 5.43. The average molecular weight is 261 g/mol. The lowest BCUT2D eigenvalue weighted by Gasteiger charge is -2.60. The second-order valence-electron chi connectivity index (χ2n) is 7.24. The molecule has 4 saturated carbocycles. The van der Waals surface area contributed by atoms with Gasteiger partial charge in [0.15, 0.2) is 0 Å². The van der Waals surface area contributed by atoms with Gasteiger partial charge in [-0.1, -0.05) is 12.0 Å². The van der Waals surface area contributed by atoms with Crippen LogP contribution in [0.5, 0.6) is 0 Å². The molecular formula is C13H19N5O. The van der Waals surface area contributed by atoms with Gasteiger partial charge < -0.3 is 0 Å². The van der Waals surface area contributed by atoms with Crippen molar-refractivity contribution in [3.8, 4) is 0 Å². The third-order valence-electron chi connectivity index (χ3n) is 5.41. The maximum atomic E-state index is 12.7. The summed E-state index contributed by atoms with van der Waals surface area (Å²) in [6, 6.07) is 0. The number of H-pyrrole nitrogens is 1. The van der Waals surface area contributed by atoms with E-state index in [0.717, 1.165) is 31.1 Å². The van der Waals surface area contributed by atoms with Crippen molar-refractivity contribution in [2.75, 3.05) is 5.32 Å². The largest absolute Gasteiger partial charge is 0.291 e. The van der Waals surface area contributed by atoms with E-state index in [0.29, 0.717) is 11.4 Å². The second-order valence-corrected chi connectivity index (χ2v) is 7.24. The highest BCUT2D eigenvalue weighted by molar-refractivity contribution is 5.94. The normalized spacial score (nSPS) is 43.4. The van der Waals surface area contributed by atoms with Gasteiger partial charge in [-0.25, -0.2) is 0 Å². The first kappa shape index (κ1) is 11.4. The number of amides is 1. The molecule has 0 aliphatic heterocycles. The highest BCUT2D eigenvalue weighted by Crippen LogP contribution is 2.65. The highest BCUT2D eigenvalue weighted by atomic mass is 16.2. The van der Waals surface area contributed by atoms with E-state index in [-0.39, 0.29) is 11.3 Å². The molecule has 2 N–H and O–H groups in total. The molecule has 2 unspecified atom stereocenters. The number of tetrazole rings is 1. The third-order valence-corrected chi connectivity index (χ3v) is 5.41. The Morgan fingerprint density at radius 1 is 1.32 bits per heavy atom. The van der Waals surface area contributed by atoms with Crippen molar-refractivity contribution >= 4 is 11.9 Å². The number of aromatic amines is 1. The third kappa shape index (κ3) is 1.69. The Labute approximate surface area is 111 Å². The molecule has 6 heteroatoms. The Hall–Kier alpha value is -1.46. The van der Waals surface area contributed by atoms with E-state index in [1.165, 1.54) is 19.3 Å². The number of rotatable bonds is 2. The molecule has 4 atom stereocenters. The first-order valence-electron chi connectivity index (χ1n) is 7.12. The van der Waals surface area contributed by atoms with Crippen LogP contribution in [-0.2, 0) is 4.79 Å². The Kier molecular flexibility index (Phi) is 2.13. The van der Waals surface area contributed by atoms with Crippen LogP contribution in [0, 0.1) is 22.7 Å². The van der Waals surface area contributed by atoms with Crippen molar-refractivity contribution in [3.63, 3.8) is 0 Å². The summed E-state index contributed by atoms with van der Waals surface area (Å²) in [5.74, 6) is 1.88. The minimum atomic E-state index is -0.181. The van der Waals surface area contributed by atoms with Crippen LogP contribution >= 0.6 is 0 Å². The smallest absolute Gasteiger partial charge is 0.269 e. The molecule has 4 fully saturated rings. The number of carbonyl (C=O) groups excluding carboxylic acids is 1. The van der Waals surface area contributed by atoms with Crippen molar-refractivity contribution in [2.24, 2.45) is 22.7 Å². The lowest BCUT2D eigenvalue weighted by molar-refractivity contribution is -0.149. The number of hydrogen-bond donors (Lipinski definition) is 2. The van der Waals surface area contributed by atoms with Crippen molar-refractivity contribution in [2.45, 2.75) is 45.4 Å². The lowest BCUT2D eigenvalue weighted by Crippen LogP contribution is -2.55. The van der Waals surface area contributed by atoms with E-state index < -0.39 is 0 Å². The van der Waals surface area contributed by atoms with Crippen LogP contribution in [0.2, 0.25) is 0 Å². The predicted octanol–water partition coefficient (Wildman–Crippen LogP) is 1.74.